The second-order valence-corrected chi connectivity index (χ2v) is 4.34. The third kappa shape index (κ3) is 1.43. The fourth-order valence-electron chi connectivity index (χ4n) is 2.91. The summed E-state index contributed by atoms with van der Waals surface area (Å²) in [5.74, 6) is 0.551. The average Bonchev–Trinajstić information content (AvgIpc) is 2.50. The molecular formula is C9H16N2O2. The van der Waals surface area contributed by atoms with Crippen LogP contribution in [-0.4, -0.2) is 23.6 Å². The van der Waals surface area contributed by atoms with Gasteiger partial charge < -0.3 is 5.32 Å². The van der Waals surface area contributed by atoms with Gasteiger partial charge in [0.2, 0.25) is 6.04 Å². The van der Waals surface area contributed by atoms with E-state index in [1.807, 2.05) is 6.92 Å². The summed E-state index contributed by atoms with van der Waals surface area (Å²) < 4.78 is 0. The van der Waals surface area contributed by atoms with Crippen molar-refractivity contribution in [3.63, 3.8) is 0 Å². The van der Waals surface area contributed by atoms with Crippen molar-refractivity contribution in [3.05, 3.63) is 10.1 Å². The maximum Gasteiger partial charge on any atom is 0.219 e. The smallest absolute Gasteiger partial charge is 0.219 e. The van der Waals surface area contributed by atoms with Crippen molar-refractivity contribution in [3.8, 4) is 0 Å². The number of rotatable bonds is 1. The van der Waals surface area contributed by atoms with Crippen molar-refractivity contribution >= 4 is 0 Å². The Balaban J connectivity index is 2.15. The Morgan fingerprint density at radius 2 is 2.15 bits per heavy atom. The topological polar surface area (TPSA) is 55.2 Å². The zero-order chi connectivity index (χ0) is 9.42. The van der Waals surface area contributed by atoms with Crippen molar-refractivity contribution < 1.29 is 4.92 Å². The van der Waals surface area contributed by atoms with Crippen LogP contribution in [0.3, 0.4) is 0 Å². The molecule has 1 N–H and O–H groups in total. The van der Waals surface area contributed by atoms with Crippen LogP contribution in [0.4, 0.5) is 0 Å². The summed E-state index contributed by atoms with van der Waals surface area (Å²) in [7, 11) is 0. The summed E-state index contributed by atoms with van der Waals surface area (Å²) in [6, 6.07) is 0.125. The van der Waals surface area contributed by atoms with Crippen LogP contribution in [0.25, 0.3) is 0 Å². The minimum Gasteiger partial charge on any atom is -0.313 e. The van der Waals surface area contributed by atoms with Crippen LogP contribution in [0.15, 0.2) is 0 Å². The van der Waals surface area contributed by atoms with Gasteiger partial charge in [0.05, 0.1) is 0 Å². The SMILES string of the molecule is CC1CCC2NCCC2C1[N+](=O)[O-]. The van der Waals surface area contributed by atoms with Crippen molar-refractivity contribution in [1.29, 1.82) is 0 Å². The van der Waals surface area contributed by atoms with Gasteiger partial charge in [-0.05, 0) is 25.8 Å². The Kier molecular flexibility index (Phi) is 2.24. The molecule has 2 rings (SSSR count). The molecule has 0 aromatic carbocycles. The van der Waals surface area contributed by atoms with Gasteiger partial charge in [-0.2, -0.15) is 0 Å². The molecule has 4 heteroatoms. The van der Waals surface area contributed by atoms with E-state index in [2.05, 4.69) is 5.32 Å². The highest BCUT2D eigenvalue weighted by atomic mass is 16.6. The van der Waals surface area contributed by atoms with E-state index in [4.69, 9.17) is 0 Å². The quantitative estimate of drug-likeness (QED) is 0.489. The van der Waals surface area contributed by atoms with Crippen molar-refractivity contribution in [2.45, 2.75) is 38.3 Å². The van der Waals surface area contributed by atoms with E-state index < -0.39 is 0 Å². The summed E-state index contributed by atoms with van der Waals surface area (Å²) in [6.07, 6.45) is 3.11. The molecule has 1 aliphatic carbocycles. The first kappa shape index (κ1) is 8.94. The maximum absolute atomic E-state index is 10.9. The lowest BCUT2D eigenvalue weighted by molar-refractivity contribution is -0.544. The van der Waals surface area contributed by atoms with E-state index in [1.54, 1.807) is 0 Å². The average molecular weight is 184 g/mol. The fraction of sp³-hybridized carbons (Fsp3) is 1.00. The number of nitrogens with zero attached hydrogens (tertiary/aromatic N) is 1. The third-order valence-electron chi connectivity index (χ3n) is 3.60. The summed E-state index contributed by atoms with van der Waals surface area (Å²) in [4.78, 5) is 10.8. The minimum atomic E-state index is -0.297. The predicted molar refractivity (Wildman–Crippen MR) is 49.1 cm³/mol. The van der Waals surface area contributed by atoms with Gasteiger partial charge in [-0.15, -0.1) is 0 Å². The lowest BCUT2D eigenvalue weighted by atomic mass is 9.75. The Morgan fingerprint density at radius 1 is 1.38 bits per heavy atom. The standard InChI is InChI=1S/C9H16N2O2/c1-6-2-3-8-7(4-5-10-8)9(6)11(12)13/h6-10H,2-5H2,1H3. The van der Waals surface area contributed by atoms with Crippen LogP contribution in [0, 0.1) is 22.0 Å². The number of nitrogens with one attached hydrogen (secondary N) is 1. The molecule has 74 valence electrons. The molecule has 0 aromatic heterocycles. The van der Waals surface area contributed by atoms with Gasteiger partial charge >= 0.3 is 0 Å². The van der Waals surface area contributed by atoms with E-state index in [1.165, 1.54) is 0 Å². The highest BCUT2D eigenvalue weighted by Crippen LogP contribution is 2.35. The summed E-state index contributed by atoms with van der Waals surface area (Å²) in [6.45, 7) is 2.98. The van der Waals surface area contributed by atoms with Crippen LogP contribution in [0.5, 0.6) is 0 Å². The fourth-order valence-corrected chi connectivity index (χ4v) is 2.91. The van der Waals surface area contributed by atoms with Gasteiger partial charge in [0.1, 0.15) is 0 Å². The molecule has 1 heterocycles. The van der Waals surface area contributed by atoms with E-state index in [0.717, 1.165) is 25.8 Å². The van der Waals surface area contributed by atoms with Gasteiger partial charge in [-0.25, -0.2) is 0 Å². The van der Waals surface area contributed by atoms with Crippen LogP contribution >= 0.6 is 0 Å². The van der Waals surface area contributed by atoms with Crippen molar-refractivity contribution in [2.24, 2.45) is 11.8 Å². The predicted octanol–water partition coefficient (Wildman–Crippen LogP) is 1.04. The van der Waals surface area contributed by atoms with Crippen LogP contribution in [-0.2, 0) is 0 Å². The van der Waals surface area contributed by atoms with E-state index in [-0.39, 0.29) is 16.9 Å². The molecule has 1 aliphatic heterocycles. The lowest BCUT2D eigenvalue weighted by Crippen LogP contribution is -2.46. The summed E-state index contributed by atoms with van der Waals surface area (Å²) >= 11 is 0. The number of fused-ring (bicyclic) bond motifs is 1. The second kappa shape index (κ2) is 3.25. The van der Waals surface area contributed by atoms with Gasteiger partial charge in [0.15, 0.2) is 0 Å². The Labute approximate surface area is 77.8 Å². The van der Waals surface area contributed by atoms with Gasteiger partial charge in [0, 0.05) is 22.8 Å². The van der Waals surface area contributed by atoms with Crippen molar-refractivity contribution in [2.75, 3.05) is 6.54 Å². The second-order valence-electron chi connectivity index (χ2n) is 4.34. The van der Waals surface area contributed by atoms with Gasteiger partial charge in [0.25, 0.3) is 0 Å². The van der Waals surface area contributed by atoms with Gasteiger partial charge in [-0.1, -0.05) is 6.92 Å². The Bertz CT molecular complexity index is 220. The first-order valence-electron chi connectivity index (χ1n) is 5.07. The van der Waals surface area contributed by atoms with Crippen molar-refractivity contribution in [1.82, 2.24) is 5.32 Å². The third-order valence-corrected chi connectivity index (χ3v) is 3.60. The van der Waals surface area contributed by atoms with Crippen LogP contribution in [0.1, 0.15) is 26.2 Å². The largest absolute Gasteiger partial charge is 0.313 e. The summed E-state index contributed by atoms with van der Waals surface area (Å²) in [5, 5.41) is 14.2. The Hall–Kier alpha value is -0.640. The molecule has 0 radical (unpaired) electrons. The normalized spacial score (nSPS) is 44.4. The molecule has 1 saturated heterocycles. The molecule has 0 bridgehead atoms. The number of hydrogen-bond donors (Lipinski definition) is 1. The molecule has 2 fully saturated rings. The highest BCUT2D eigenvalue weighted by molar-refractivity contribution is 4.94. The molecule has 4 nitrogen and oxygen atoms in total. The molecule has 4 unspecified atom stereocenters. The van der Waals surface area contributed by atoms with E-state index in [0.29, 0.717) is 12.0 Å². The molecular weight excluding hydrogens is 168 g/mol. The molecule has 4 atom stereocenters. The molecule has 2 aliphatic rings. The minimum absolute atomic E-state index is 0.0610. The zero-order valence-corrected chi connectivity index (χ0v) is 7.90. The molecule has 13 heavy (non-hydrogen) atoms. The first-order valence-corrected chi connectivity index (χ1v) is 5.07. The van der Waals surface area contributed by atoms with Crippen LogP contribution in [0.2, 0.25) is 0 Å². The number of nitro groups is 1. The highest BCUT2D eigenvalue weighted by Gasteiger charge is 2.46. The molecule has 1 saturated carbocycles. The van der Waals surface area contributed by atoms with Gasteiger partial charge in [-0.3, -0.25) is 10.1 Å². The Morgan fingerprint density at radius 3 is 2.85 bits per heavy atom. The maximum atomic E-state index is 10.9. The zero-order valence-electron chi connectivity index (χ0n) is 7.90. The molecule has 0 aromatic rings. The first-order chi connectivity index (χ1) is 6.20. The molecule has 0 spiro atoms. The van der Waals surface area contributed by atoms with Crippen LogP contribution < -0.4 is 5.32 Å². The monoisotopic (exact) mass is 184 g/mol. The van der Waals surface area contributed by atoms with E-state index >= 15 is 0 Å². The summed E-state index contributed by atoms with van der Waals surface area (Å²) in [5.41, 5.74) is 0. The number of hydrogen-bond acceptors (Lipinski definition) is 3. The molecule has 0 amide bonds. The lowest BCUT2D eigenvalue weighted by Gasteiger charge is -2.32. The van der Waals surface area contributed by atoms with E-state index in [9.17, 15) is 10.1 Å².